The van der Waals surface area contributed by atoms with Gasteiger partial charge in [-0.1, -0.05) is 35.3 Å². The molecule has 0 aliphatic rings. The molecule has 0 radical (unpaired) electrons. The molecule has 2 aromatic heterocycles. The van der Waals surface area contributed by atoms with Gasteiger partial charge in [0.25, 0.3) is 5.56 Å². The molecule has 44 heavy (non-hydrogen) atoms. The Balaban J connectivity index is 1.46. The first-order valence-corrected chi connectivity index (χ1v) is 14.2. The summed E-state index contributed by atoms with van der Waals surface area (Å²) in [5, 5.41) is 5.51. The van der Waals surface area contributed by atoms with Crippen LogP contribution in [-0.2, 0) is 13.1 Å². The Bertz CT molecular complexity index is 1910. The fourth-order valence-electron chi connectivity index (χ4n) is 4.83. The lowest BCUT2D eigenvalue weighted by Gasteiger charge is -2.20. The maximum Gasteiger partial charge on any atom is 0.323 e. The molecule has 5 rings (SSSR count). The van der Waals surface area contributed by atoms with Crippen molar-refractivity contribution in [1.82, 2.24) is 9.55 Å². The number of halogens is 4. The van der Waals surface area contributed by atoms with Crippen molar-refractivity contribution in [2.75, 3.05) is 29.7 Å². The van der Waals surface area contributed by atoms with Crippen molar-refractivity contribution >= 4 is 57.3 Å². The number of benzene rings is 3. The summed E-state index contributed by atoms with van der Waals surface area (Å²) in [5.41, 5.74) is 1.62. The molecule has 0 aliphatic carbocycles. The number of ether oxygens (including phenoxy) is 1. The number of nitrogens with one attached hydrogen (secondary N) is 2. The van der Waals surface area contributed by atoms with Crippen LogP contribution >= 0.6 is 23.2 Å². The lowest BCUT2D eigenvalue weighted by molar-refractivity contribution is 0.262. The third kappa shape index (κ3) is 6.61. The second-order valence-corrected chi connectivity index (χ2v) is 10.8. The Hall–Kier alpha value is -4.67. The number of rotatable bonds is 8. The normalized spacial score (nSPS) is 11.0. The number of aryl methyl sites for hydroxylation is 1. The molecule has 0 saturated carbocycles. The van der Waals surface area contributed by atoms with Crippen molar-refractivity contribution in [2.24, 2.45) is 0 Å². The van der Waals surface area contributed by atoms with Crippen molar-refractivity contribution in [2.45, 2.75) is 20.0 Å². The monoisotopic (exact) mass is 637 g/mol. The van der Waals surface area contributed by atoms with Crippen LogP contribution in [0.25, 0.3) is 22.0 Å². The van der Waals surface area contributed by atoms with Gasteiger partial charge < -0.3 is 24.8 Å². The number of anilines is 3. The first kappa shape index (κ1) is 30.8. The number of aromatic nitrogens is 2. The Morgan fingerprint density at radius 1 is 1.00 bits per heavy atom. The summed E-state index contributed by atoms with van der Waals surface area (Å²) in [4.78, 5) is 32.9. The van der Waals surface area contributed by atoms with Gasteiger partial charge in [-0.05, 0) is 61.0 Å². The van der Waals surface area contributed by atoms with Crippen LogP contribution in [0, 0.1) is 11.6 Å². The first-order valence-electron chi connectivity index (χ1n) is 13.5. The van der Waals surface area contributed by atoms with Gasteiger partial charge in [-0.2, -0.15) is 0 Å². The average molecular weight is 639 g/mol. The molecule has 0 fully saturated rings. The molecule has 3 aromatic carbocycles. The van der Waals surface area contributed by atoms with E-state index in [4.69, 9.17) is 27.9 Å². The number of urea groups is 1. The smallest absolute Gasteiger partial charge is 0.323 e. The van der Waals surface area contributed by atoms with Crippen LogP contribution in [0.1, 0.15) is 12.5 Å². The summed E-state index contributed by atoms with van der Waals surface area (Å²) in [7, 11) is 3.53. The van der Waals surface area contributed by atoms with E-state index in [0.717, 1.165) is 29.5 Å². The molecule has 226 valence electrons. The van der Waals surface area contributed by atoms with Gasteiger partial charge >= 0.3 is 6.03 Å². The summed E-state index contributed by atoms with van der Waals surface area (Å²) in [5.74, 6) is -0.0417. The lowest BCUT2D eigenvalue weighted by Crippen LogP contribution is -2.23. The van der Waals surface area contributed by atoms with Crippen LogP contribution in [0.5, 0.6) is 5.75 Å². The van der Waals surface area contributed by atoms with Crippen LogP contribution in [0.4, 0.5) is 30.8 Å². The van der Waals surface area contributed by atoms with E-state index < -0.39 is 17.7 Å². The van der Waals surface area contributed by atoms with Gasteiger partial charge in [0.15, 0.2) is 0 Å². The fourth-order valence-corrected chi connectivity index (χ4v) is 5.30. The van der Waals surface area contributed by atoms with Gasteiger partial charge in [0.2, 0.25) is 0 Å². The largest absolute Gasteiger partial charge is 0.497 e. The van der Waals surface area contributed by atoms with Crippen molar-refractivity contribution in [3.05, 3.63) is 111 Å². The molecule has 8 nitrogen and oxygen atoms in total. The van der Waals surface area contributed by atoms with E-state index in [0.29, 0.717) is 29.8 Å². The number of pyridine rings is 2. The quantitative estimate of drug-likeness (QED) is 0.180. The van der Waals surface area contributed by atoms with Crippen LogP contribution in [-0.4, -0.2) is 29.7 Å². The molecule has 0 atom stereocenters. The minimum atomic E-state index is -0.848. The standard InChI is InChI=1S/C32H27Cl2F2N5O3/c1-4-41-29-15-30(40(2)17-18-5-7-23(44-3)8-6-18)37-16-19(29)9-25(31(41)42)24-13-28(27(36)14-26(24)34)39-32(43)38-22-11-20(33)10-21(35)12-22/h5-16H,4,17H2,1-3H3,(H2,38,39,43). The third-order valence-corrected chi connectivity index (χ3v) is 7.50. The Labute approximate surface area is 261 Å². The molecule has 2 N–H and O–H groups in total. The fraction of sp³-hybridized carbons (Fsp3) is 0.156. The predicted molar refractivity (Wildman–Crippen MR) is 171 cm³/mol. The highest BCUT2D eigenvalue weighted by molar-refractivity contribution is 6.33. The summed E-state index contributed by atoms with van der Waals surface area (Å²) >= 11 is 12.3. The number of methoxy groups -OCH3 is 1. The number of nitrogens with zero attached hydrogens (tertiary/aromatic N) is 3. The molecule has 0 unspecified atom stereocenters. The average Bonchev–Trinajstić information content (AvgIpc) is 2.98. The van der Waals surface area contributed by atoms with Gasteiger partial charge in [-0.15, -0.1) is 0 Å². The molecule has 12 heteroatoms. The zero-order chi connectivity index (χ0) is 31.5. The van der Waals surface area contributed by atoms with E-state index in [2.05, 4.69) is 15.6 Å². The van der Waals surface area contributed by atoms with E-state index in [-0.39, 0.29) is 38.1 Å². The van der Waals surface area contributed by atoms with E-state index in [1.54, 1.807) is 23.9 Å². The zero-order valence-electron chi connectivity index (χ0n) is 23.9. The molecule has 5 aromatic rings. The molecule has 2 amide bonds. The zero-order valence-corrected chi connectivity index (χ0v) is 25.4. The van der Waals surface area contributed by atoms with Crippen molar-refractivity contribution in [3.8, 4) is 16.9 Å². The third-order valence-electron chi connectivity index (χ3n) is 6.97. The Kier molecular flexibility index (Phi) is 9.03. The number of fused-ring (bicyclic) bond motifs is 1. The topological polar surface area (TPSA) is 88.5 Å². The second kappa shape index (κ2) is 12.9. The summed E-state index contributed by atoms with van der Waals surface area (Å²) in [6.07, 6.45) is 1.67. The number of carbonyl (C=O) groups excluding carboxylic acids is 1. The molecular formula is C32H27Cl2F2N5O3. The van der Waals surface area contributed by atoms with Crippen LogP contribution in [0.2, 0.25) is 10.0 Å². The Morgan fingerprint density at radius 2 is 1.75 bits per heavy atom. The van der Waals surface area contributed by atoms with Crippen molar-refractivity contribution < 1.29 is 18.3 Å². The van der Waals surface area contributed by atoms with Gasteiger partial charge in [-0.25, -0.2) is 18.6 Å². The Morgan fingerprint density at radius 3 is 2.43 bits per heavy atom. The number of hydrogen-bond acceptors (Lipinski definition) is 5. The maximum atomic E-state index is 14.9. The van der Waals surface area contributed by atoms with Crippen molar-refractivity contribution in [1.29, 1.82) is 0 Å². The number of amides is 2. The van der Waals surface area contributed by atoms with Crippen LogP contribution < -0.4 is 25.8 Å². The van der Waals surface area contributed by atoms with Gasteiger partial charge in [-0.3, -0.25) is 4.79 Å². The van der Waals surface area contributed by atoms with Gasteiger partial charge in [0, 0.05) is 59.6 Å². The molecule has 0 spiro atoms. The summed E-state index contributed by atoms with van der Waals surface area (Å²) < 4.78 is 35.4. The van der Waals surface area contributed by atoms with Gasteiger partial charge in [0.1, 0.15) is 23.2 Å². The molecule has 2 heterocycles. The number of hydrogen-bond donors (Lipinski definition) is 2. The molecular weight excluding hydrogens is 611 g/mol. The minimum Gasteiger partial charge on any atom is -0.497 e. The van der Waals surface area contributed by atoms with E-state index in [1.807, 2.05) is 49.2 Å². The van der Waals surface area contributed by atoms with E-state index in [9.17, 15) is 18.4 Å². The van der Waals surface area contributed by atoms with E-state index >= 15 is 0 Å². The highest BCUT2D eigenvalue weighted by Crippen LogP contribution is 2.33. The highest BCUT2D eigenvalue weighted by atomic mass is 35.5. The molecule has 0 saturated heterocycles. The summed E-state index contributed by atoms with van der Waals surface area (Å²) in [6, 6.07) is 16.1. The summed E-state index contributed by atoms with van der Waals surface area (Å²) in [6.45, 7) is 2.77. The first-order chi connectivity index (χ1) is 21.1. The van der Waals surface area contributed by atoms with Crippen LogP contribution in [0.3, 0.4) is 0 Å². The maximum absolute atomic E-state index is 14.9. The second-order valence-electron chi connectivity index (χ2n) is 9.96. The molecule has 0 aliphatic heterocycles. The number of carbonyl (C=O) groups is 1. The SMILES string of the molecule is CCn1c(=O)c(-c2cc(NC(=O)Nc3cc(F)cc(Cl)c3)c(F)cc2Cl)cc2cnc(N(C)Cc3ccc(OC)cc3)cc21. The molecule has 0 bridgehead atoms. The van der Waals surface area contributed by atoms with Crippen LogP contribution in [0.15, 0.2) is 77.7 Å². The highest BCUT2D eigenvalue weighted by Gasteiger charge is 2.18. The van der Waals surface area contributed by atoms with Gasteiger partial charge in [0.05, 0.1) is 23.3 Å². The van der Waals surface area contributed by atoms with Crippen molar-refractivity contribution in [3.63, 3.8) is 0 Å². The lowest BCUT2D eigenvalue weighted by atomic mass is 10.0. The minimum absolute atomic E-state index is 0.0201. The van der Waals surface area contributed by atoms with E-state index in [1.165, 1.54) is 12.1 Å². The predicted octanol–water partition coefficient (Wildman–Crippen LogP) is 7.96.